The largest absolute Gasteiger partial charge is 0.396 e. The monoisotopic (exact) mass is 350 g/mol. The van der Waals surface area contributed by atoms with Gasteiger partial charge in [-0.2, -0.15) is 0 Å². The molecular formula is C22H26N2O2. The zero-order valence-corrected chi connectivity index (χ0v) is 15.1. The molecule has 1 aromatic carbocycles. The molecule has 1 N–H and O–H groups in total. The van der Waals surface area contributed by atoms with Crippen LogP contribution < -0.4 is 0 Å². The molecule has 3 rings (SSSR count). The van der Waals surface area contributed by atoms with Gasteiger partial charge in [0.15, 0.2) is 0 Å². The Kier molecular flexibility index (Phi) is 6.56. The fourth-order valence-corrected chi connectivity index (χ4v) is 3.31. The van der Waals surface area contributed by atoms with E-state index in [1.165, 1.54) is 18.4 Å². The van der Waals surface area contributed by atoms with Crippen LogP contribution in [0.25, 0.3) is 6.08 Å². The summed E-state index contributed by atoms with van der Waals surface area (Å²) >= 11 is 0. The van der Waals surface area contributed by atoms with E-state index in [0.29, 0.717) is 25.1 Å². The van der Waals surface area contributed by atoms with E-state index in [1.54, 1.807) is 11.1 Å². The Labute approximate surface area is 155 Å². The minimum atomic E-state index is -0.0166. The number of aryl methyl sites for hydroxylation is 2. The van der Waals surface area contributed by atoms with E-state index < -0.39 is 0 Å². The highest BCUT2D eigenvalue weighted by Gasteiger charge is 2.18. The SMILES string of the molecule is O=C(c1cnc2c(c1)CCCC2)N(C/C=C/c1ccccc1)CCCO. The molecule has 0 aliphatic heterocycles. The second-order valence-electron chi connectivity index (χ2n) is 6.68. The summed E-state index contributed by atoms with van der Waals surface area (Å²) in [6.45, 7) is 1.13. The minimum Gasteiger partial charge on any atom is -0.396 e. The Morgan fingerprint density at radius 3 is 2.81 bits per heavy atom. The predicted molar refractivity (Wildman–Crippen MR) is 104 cm³/mol. The van der Waals surface area contributed by atoms with Gasteiger partial charge in [-0.15, -0.1) is 0 Å². The molecule has 2 aromatic rings. The van der Waals surface area contributed by atoms with E-state index in [1.807, 2.05) is 48.6 Å². The number of hydrogen-bond acceptors (Lipinski definition) is 3. The van der Waals surface area contributed by atoms with Crippen molar-refractivity contribution in [3.8, 4) is 0 Å². The first-order valence-electron chi connectivity index (χ1n) is 9.37. The van der Waals surface area contributed by atoms with Gasteiger partial charge in [-0.1, -0.05) is 42.5 Å². The van der Waals surface area contributed by atoms with Gasteiger partial charge in [0.05, 0.1) is 5.56 Å². The van der Waals surface area contributed by atoms with Crippen LogP contribution in [-0.4, -0.2) is 40.6 Å². The summed E-state index contributed by atoms with van der Waals surface area (Å²) in [5.74, 6) is -0.0166. The van der Waals surface area contributed by atoms with Crippen molar-refractivity contribution >= 4 is 12.0 Å². The standard InChI is InChI=1S/C22H26N2O2/c25-15-7-14-24(13-6-10-18-8-2-1-3-9-18)22(26)20-16-19-11-4-5-12-21(19)23-17-20/h1-3,6,8-10,16-17,25H,4-5,7,11-15H2/b10-6+. The molecular weight excluding hydrogens is 324 g/mol. The minimum absolute atomic E-state index is 0.0166. The zero-order valence-electron chi connectivity index (χ0n) is 15.1. The molecule has 0 spiro atoms. The molecule has 0 fully saturated rings. The van der Waals surface area contributed by atoms with Gasteiger partial charge in [0, 0.05) is 31.6 Å². The summed E-state index contributed by atoms with van der Waals surface area (Å²) in [4.78, 5) is 19.2. The Hall–Kier alpha value is -2.46. The number of amides is 1. The Bertz CT molecular complexity index is 756. The normalized spacial score (nSPS) is 13.6. The maximum atomic E-state index is 12.9. The molecule has 0 atom stereocenters. The Balaban J connectivity index is 1.71. The molecule has 4 nitrogen and oxygen atoms in total. The van der Waals surface area contributed by atoms with Crippen LogP contribution >= 0.6 is 0 Å². The van der Waals surface area contributed by atoms with Crippen molar-refractivity contribution < 1.29 is 9.90 Å². The first-order chi connectivity index (χ1) is 12.8. The number of carbonyl (C=O) groups excluding carboxylic acids is 1. The quantitative estimate of drug-likeness (QED) is 0.831. The molecule has 0 unspecified atom stereocenters. The number of carbonyl (C=O) groups is 1. The number of aliphatic hydroxyl groups is 1. The highest BCUT2D eigenvalue weighted by Crippen LogP contribution is 2.20. The first-order valence-corrected chi connectivity index (χ1v) is 9.37. The second kappa shape index (κ2) is 9.30. The van der Waals surface area contributed by atoms with Crippen molar-refractivity contribution in [3.05, 3.63) is 71.1 Å². The lowest BCUT2D eigenvalue weighted by Crippen LogP contribution is -2.33. The number of benzene rings is 1. The molecule has 1 heterocycles. The molecule has 26 heavy (non-hydrogen) atoms. The average Bonchev–Trinajstić information content (AvgIpc) is 2.70. The highest BCUT2D eigenvalue weighted by molar-refractivity contribution is 5.94. The Morgan fingerprint density at radius 2 is 2.00 bits per heavy atom. The molecule has 1 amide bonds. The van der Waals surface area contributed by atoms with E-state index in [4.69, 9.17) is 5.11 Å². The van der Waals surface area contributed by atoms with Crippen molar-refractivity contribution in [3.63, 3.8) is 0 Å². The fourth-order valence-electron chi connectivity index (χ4n) is 3.31. The third-order valence-corrected chi connectivity index (χ3v) is 4.73. The van der Waals surface area contributed by atoms with Gasteiger partial charge in [0.1, 0.15) is 0 Å². The van der Waals surface area contributed by atoms with Crippen molar-refractivity contribution in [1.29, 1.82) is 0 Å². The summed E-state index contributed by atoms with van der Waals surface area (Å²) in [6.07, 6.45) is 10.7. The molecule has 1 aliphatic carbocycles. The van der Waals surface area contributed by atoms with Gasteiger partial charge >= 0.3 is 0 Å². The molecule has 0 saturated heterocycles. The summed E-state index contributed by atoms with van der Waals surface area (Å²) < 4.78 is 0. The molecule has 0 radical (unpaired) electrons. The predicted octanol–water partition coefficient (Wildman–Crippen LogP) is 3.50. The molecule has 0 bridgehead atoms. The van der Waals surface area contributed by atoms with Gasteiger partial charge in [-0.05, 0) is 49.3 Å². The van der Waals surface area contributed by atoms with Crippen LogP contribution in [0.15, 0.2) is 48.7 Å². The number of pyridine rings is 1. The zero-order chi connectivity index (χ0) is 18.2. The van der Waals surface area contributed by atoms with E-state index in [-0.39, 0.29) is 12.5 Å². The van der Waals surface area contributed by atoms with E-state index in [0.717, 1.165) is 24.1 Å². The van der Waals surface area contributed by atoms with E-state index in [2.05, 4.69) is 4.98 Å². The van der Waals surface area contributed by atoms with Gasteiger partial charge in [0.2, 0.25) is 0 Å². The Morgan fingerprint density at radius 1 is 1.19 bits per heavy atom. The smallest absolute Gasteiger partial charge is 0.255 e. The fraction of sp³-hybridized carbons (Fsp3) is 0.364. The lowest BCUT2D eigenvalue weighted by atomic mass is 9.95. The summed E-state index contributed by atoms with van der Waals surface area (Å²) in [6, 6.07) is 12.0. The summed E-state index contributed by atoms with van der Waals surface area (Å²) in [5, 5.41) is 9.16. The summed E-state index contributed by atoms with van der Waals surface area (Å²) in [5.41, 5.74) is 4.11. The summed E-state index contributed by atoms with van der Waals surface area (Å²) in [7, 11) is 0. The van der Waals surface area contributed by atoms with Gasteiger partial charge in [0.25, 0.3) is 5.91 Å². The van der Waals surface area contributed by atoms with Gasteiger partial charge in [-0.25, -0.2) is 0 Å². The number of nitrogens with zero attached hydrogens (tertiary/aromatic N) is 2. The average molecular weight is 350 g/mol. The molecule has 136 valence electrons. The van der Waals surface area contributed by atoms with Crippen molar-refractivity contribution in [2.75, 3.05) is 19.7 Å². The maximum absolute atomic E-state index is 12.9. The van der Waals surface area contributed by atoms with Crippen LogP contribution in [0.5, 0.6) is 0 Å². The topological polar surface area (TPSA) is 53.4 Å². The molecule has 1 aromatic heterocycles. The molecule has 1 aliphatic rings. The second-order valence-corrected chi connectivity index (χ2v) is 6.68. The third kappa shape index (κ3) is 4.79. The van der Waals surface area contributed by atoms with Gasteiger partial charge < -0.3 is 10.0 Å². The van der Waals surface area contributed by atoms with Crippen molar-refractivity contribution in [2.45, 2.75) is 32.1 Å². The molecule has 0 saturated carbocycles. The number of aliphatic hydroxyl groups excluding tert-OH is 1. The first kappa shape index (κ1) is 18.3. The number of aromatic nitrogens is 1. The van der Waals surface area contributed by atoms with Gasteiger partial charge in [-0.3, -0.25) is 9.78 Å². The lowest BCUT2D eigenvalue weighted by molar-refractivity contribution is 0.0764. The lowest BCUT2D eigenvalue weighted by Gasteiger charge is -2.22. The molecule has 4 heteroatoms. The number of hydrogen-bond donors (Lipinski definition) is 1. The van der Waals surface area contributed by atoms with Crippen molar-refractivity contribution in [1.82, 2.24) is 9.88 Å². The van der Waals surface area contributed by atoms with E-state index in [9.17, 15) is 4.79 Å². The van der Waals surface area contributed by atoms with Crippen LogP contribution in [0.4, 0.5) is 0 Å². The van der Waals surface area contributed by atoms with Crippen LogP contribution in [0, 0.1) is 0 Å². The van der Waals surface area contributed by atoms with Crippen LogP contribution in [0.1, 0.15) is 46.4 Å². The van der Waals surface area contributed by atoms with Crippen LogP contribution in [0.2, 0.25) is 0 Å². The highest BCUT2D eigenvalue weighted by atomic mass is 16.3. The third-order valence-electron chi connectivity index (χ3n) is 4.73. The van der Waals surface area contributed by atoms with Crippen LogP contribution in [-0.2, 0) is 12.8 Å². The maximum Gasteiger partial charge on any atom is 0.255 e. The van der Waals surface area contributed by atoms with E-state index >= 15 is 0 Å². The number of fused-ring (bicyclic) bond motifs is 1. The van der Waals surface area contributed by atoms with Crippen LogP contribution in [0.3, 0.4) is 0 Å². The number of rotatable bonds is 7. The van der Waals surface area contributed by atoms with Crippen molar-refractivity contribution in [2.24, 2.45) is 0 Å².